The number of carbonyl (C=O) groups is 1. The van der Waals surface area contributed by atoms with E-state index >= 15 is 0 Å². The number of nitrogens with zero attached hydrogens (tertiary/aromatic N) is 3. The first-order chi connectivity index (χ1) is 6.85. The summed E-state index contributed by atoms with van der Waals surface area (Å²) in [6, 6.07) is 0. The first-order valence-electron chi connectivity index (χ1n) is 4.75. The van der Waals surface area contributed by atoms with E-state index in [1.807, 2.05) is 6.08 Å². The molecule has 0 aliphatic heterocycles. The maximum absolute atomic E-state index is 11.0. The maximum atomic E-state index is 11.0. The molecule has 0 radical (unpaired) electrons. The van der Waals surface area contributed by atoms with E-state index in [-0.39, 0.29) is 12.6 Å². The van der Waals surface area contributed by atoms with Crippen LogP contribution in [0.4, 0.5) is 0 Å². The van der Waals surface area contributed by atoms with Crippen LogP contribution in [0, 0.1) is 0 Å². The average molecular weight is 227 g/mol. The minimum absolute atomic E-state index is 0.248. The second-order valence-electron chi connectivity index (χ2n) is 4.31. The molecule has 0 fully saturated rings. The average Bonchev–Trinajstić information content (AvgIpc) is 2.10. The molecule has 0 rings (SSSR count). The summed E-state index contributed by atoms with van der Waals surface area (Å²) in [5.41, 5.74) is 10.1. The number of ether oxygens (including phenoxy) is 1. The molecule has 15 heavy (non-hydrogen) atoms. The number of esters is 1. The van der Waals surface area contributed by atoms with Crippen LogP contribution in [0.3, 0.4) is 0 Å². The fourth-order valence-corrected chi connectivity index (χ4v) is 1.65. The molecule has 0 N–H and O–H groups in total. The molecular formula is C9H17N3O2Si. The molecule has 0 heterocycles. The zero-order chi connectivity index (χ0) is 11.9. The van der Waals surface area contributed by atoms with Crippen LogP contribution in [0.1, 0.15) is 6.92 Å². The van der Waals surface area contributed by atoms with Crippen molar-refractivity contribution in [3.8, 4) is 0 Å². The third-order valence-corrected chi connectivity index (χ3v) is 2.64. The maximum Gasteiger partial charge on any atom is 0.312 e. The topological polar surface area (TPSA) is 75.1 Å². The van der Waals surface area contributed by atoms with E-state index in [2.05, 4.69) is 35.4 Å². The summed E-state index contributed by atoms with van der Waals surface area (Å²) in [4.78, 5) is 13.5. The highest BCUT2D eigenvalue weighted by molar-refractivity contribution is 6.80. The minimum Gasteiger partial charge on any atom is -0.458 e. The predicted octanol–water partition coefficient (Wildman–Crippen LogP) is 2.66. The molecule has 0 aliphatic carbocycles. The van der Waals surface area contributed by atoms with Crippen LogP contribution in [-0.4, -0.2) is 26.7 Å². The second kappa shape index (κ2) is 6.26. The number of rotatable bonds is 5. The molecule has 0 aromatic rings. The van der Waals surface area contributed by atoms with Gasteiger partial charge in [0.05, 0.1) is 8.07 Å². The Bertz CT molecular complexity index is 290. The molecule has 6 heteroatoms. The second-order valence-corrected chi connectivity index (χ2v) is 9.37. The normalized spacial score (nSPS) is 13.3. The molecule has 0 bridgehead atoms. The summed E-state index contributed by atoms with van der Waals surface area (Å²) in [6.45, 7) is 8.11. The van der Waals surface area contributed by atoms with Crippen LogP contribution in [0.5, 0.6) is 0 Å². The van der Waals surface area contributed by atoms with Crippen LogP contribution in [0.15, 0.2) is 16.9 Å². The Morgan fingerprint density at radius 1 is 1.60 bits per heavy atom. The van der Waals surface area contributed by atoms with Crippen molar-refractivity contribution in [2.45, 2.75) is 32.7 Å². The summed E-state index contributed by atoms with van der Waals surface area (Å²) in [5, 5.41) is 3.12. The number of carbonyl (C=O) groups excluding carboxylic acids is 1. The van der Waals surface area contributed by atoms with Gasteiger partial charge in [-0.3, -0.25) is 4.79 Å². The summed E-state index contributed by atoms with van der Waals surface area (Å²) >= 11 is 0. The zero-order valence-electron chi connectivity index (χ0n) is 9.60. The van der Waals surface area contributed by atoms with Crippen molar-refractivity contribution in [3.05, 3.63) is 22.2 Å². The Morgan fingerprint density at radius 3 is 2.67 bits per heavy atom. The first kappa shape index (κ1) is 13.7. The summed E-state index contributed by atoms with van der Waals surface area (Å²) < 4.78 is 4.98. The number of azide groups is 1. The van der Waals surface area contributed by atoms with Crippen molar-refractivity contribution >= 4 is 14.0 Å². The van der Waals surface area contributed by atoms with Crippen LogP contribution < -0.4 is 0 Å². The number of hydrogen-bond acceptors (Lipinski definition) is 3. The van der Waals surface area contributed by atoms with Crippen molar-refractivity contribution in [1.29, 1.82) is 0 Å². The molecule has 5 nitrogen and oxygen atoms in total. The molecule has 0 unspecified atom stereocenters. The quantitative estimate of drug-likeness (QED) is 0.238. The highest BCUT2D eigenvalue weighted by atomic mass is 28.3. The molecule has 0 amide bonds. The minimum atomic E-state index is -1.25. The highest BCUT2D eigenvalue weighted by Gasteiger charge is 2.10. The Balaban J connectivity index is 4.03. The van der Waals surface area contributed by atoms with Gasteiger partial charge in [0.25, 0.3) is 0 Å². The van der Waals surface area contributed by atoms with Crippen LogP contribution >= 0.6 is 0 Å². The molecule has 0 aromatic heterocycles. The largest absolute Gasteiger partial charge is 0.458 e. The lowest BCUT2D eigenvalue weighted by Gasteiger charge is -2.12. The lowest BCUT2D eigenvalue weighted by atomic mass is 10.4. The van der Waals surface area contributed by atoms with Gasteiger partial charge in [-0.15, -0.1) is 0 Å². The lowest BCUT2D eigenvalue weighted by molar-refractivity contribution is -0.144. The number of hydrogen-bond donors (Lipinski definition) is 0. The van der Waals surface area contributed by atoms with Gasteiger partial charge in [-0.2, -0.15) is 0 Å². The van der Waals surface area contributed by atoms with Gasteiger partial charge >= 0.3 is 5.97 Å². The molecule has 0 aromatic carbocycles. The Hall–Kier alpha value is -1.26. The van der Waals surface area contributed by atoms with Crippen molar-refractivity contribution in [1.82, 2.24) is 0 Å². The molecule has 0 saturated carbocycles. The first-order valence-corrected chi connectivity index (χ1v) is 8.32. The Morgan fingerprint density at radius 2 is 2.20 bits per heavy atom. The molecule has 0 aliphatic rings. The Labute approximate surface area is 90.8 Å². The molecule has 84 valence electrons. The fourth-order valence-electron chi connectivity index (χ4n) is 0.797. The van der Waals surface area contributed by atoms with Crippen molar-refractivity contribution in [2.24, 2.45) is 5.11 Å². The third kappa shape index (κ3) is 9.05. The van der Waals surface area contributed by atoms with Gasteiger partial charge in [-0.25, -0.2) is 0 Å². The van der Waals surface area contributed by atoms with Gasteiger partial charge in [0, 0.05) is 4.91 Å². The molecular weight excluding hydrogens is 210 g/mol. The van der Waals surface area contributed by atoms with E-state index in [1.54, 1.807) is 6.92 Å². The standard InChI is InChI=1S/C9H17N3O2Si/c1-8(5-6-15(2,3)4)14-9(13)7-11-12-10/h5-6,8H,7H2,1-4H3/b6-5+/t8-/m1/s1. The SMILES string of the molecule is C[C@H](/C=C/[Si](C)(C)C)OC(=O)CN=[N+]=[N-]. The smallest absolute Gasteiger partial charge is 0.312 e. The van der Waals surface area contributed by atoms with E-state index in [1.165, 1.54) is 0 Å². The van der Waals surface area contributed by atoms with Crippen molar-refractivity contribution in [3.63, 3.8) is 0 Å². The van der Waals surface area contributed by atoms with E-state index in [4.69, 9.17) is 10.3 Å². The van der Waals surface area contributed by atoms with E-state index in [0.29, 0.717) is 0 Å². The van der Waals surface area contributed by atoms with Crippen LogP contribution in [-0.2, 0) is 9.53 Å². The lowest BCUT2D eigenvalue weighted by Crippen LogP contribution is -2.19. The fraction of sp³-hybridized carbons (Fsp3) is 0.667. The van der Waals surface area contributed by atoms with E-state index in [9.17, 15) is 4.79 Å². The van der Waals surface area contributed by atoms with Crippen LogP contribution in [0.2, 0.25) is 19.6 Å². The van der Waals surface area contributed by atoms with E-state index < -0.39 is 14.0 Å². The molecule has 0 saturated heterocycles. The summed E-state index contributed by atoms with van der Waals surface area (Å²) in [7, 11) is -1.25. The van der Waals surface area contributed by atoms with Gasteiger partial charge in [-0.05, 0) is 12.5 Å². The highest BCUT2D eigenvalue weighted by Crippen LogP contribution is 2.04. The Kier molecular flexibility index (Phi) is 5.74. The van der Waals surface area contributed by atoms with Gasteiger partial charge < -0.3 is 4.74 Å². The van der Waals surface area contributed by atoms with Gasteiger partial charge in [0.1, 0.15) is 12.6 Å². The molecule has 0 spiro atoms. The van der Waals surface area contributed by atoms with E-state index in [0.717, 1.165) is 0 Å². The summed E-state index contributed by atoms with van der Waals surface area (Å²) in [6.07, 6.45) is 1.61. The van der Waals surface area contributed by atoms with Gasteiger partial charge in [-0.1, -0.05) is 36.5 Å². The zero-order valence-corrected chi connectivity index (χ0v) is 10.6. The summed E-state index contributed by atoms with van der Waals surface area (Å²) in [5.74, 6) is -0.500. The molecule has 1 atom stereocenters. The van der Waals surface area contributed by atoms with Gasteiger partial charge in [0.15, 0.2) is 0 Å². The third-order valence-electron chi connectivity index (χ3n) is 1.45. The van der Waals surface area contributed by atoms with Gasteiger partial charge in [0.2, 0.25) is 0 Å². The van der Waals surface area contributed by atoms with Crippen molar-refractivity contribution in [2.75, 3.05) is 6.54 Å². The van der Waals surface area contributed by atoms with Crippen LogP contribution in [0.25, 0.3) is 10.4 Å². The predicted molar refractivity (Wildman–Crippen MR) is 62.1 cm³/mol. The van der Waals surface area contributed by atoms with Crippen molar-refractivity contribution < 1.29 is 9.53 Å². The monoisotopic (exact) mass is 227 g/mol.